The third kappa shape index (κ3) is 19.0. The van der Waals surface area contributed by atoms with E-state index >= 15 is 0 Å². The van der Waals surface area contributed by atoms with Crippen LogP contribution in [0.2, 0.25) is 0 Å². The number of aliphatic hydroxyl groups is 1. The number of rotatable bonds is 27. The normalized spacial score (nSPS) is 14.7. The summed E-state index contributed by atoms with van der Waals surface area (Å²) in [5, 5.41) is 55.7. The van der Waals surface area contributed by atoms with Crippen molar-refractivity contribution >= 4 is 59.3 Å². The molecule has 21 nitrogen and oxygen atoms in total. The number of carbonyl (C=O) groups is 10. The van der Waals surface area contributed by atoms with Gasteiger partial charge in [-0.15, -0.1) is 0 Å². The second-order valence-corrected chi connectivity index (χ2v) is 15.6. The van der Waals surface area contributed by atoms with Crippen LogP contribution in [0.1, 0.15) is 77.8 Å². The van der Waals surface area contributed by atoms with Crippen LogP contribution in [0, 0.1) is 5.92 Å². The Morgan fingerprint density at radius 3 is 1.38 bits per heavy atom. The molecule has 0 fully saturated rings. The number of aliphatic hydroxyl groups excluding tert-OH is 1. The van der Waals surface area contributed by atoms with Gasteiger partial charge in [0.1, 0.15) is 42.3 Å². The molecule has 0 aliphatic carbocycles. The summed E-state index contributed by atoms with van der Waals surface area (Å²) in [4.78, 5) is 128. The molecule has 0 saturated heterocycles. The number of hydrogen-bond acceptors (Lipinski definition) is 11. The van der Waals surface area contributed by atoms with Crippen LogP contribution in [0.25, 0.3) is 0 Å². The number of hydrogen-bond donors (Lipinski definition) is 11. The van der Waals surface area contributed by atoms with Gasteiger partial charge in [0, 0.05) is 19.3 Å². The first-order chi connectivity index (χ1) is 30.1. The predicted octanol–water partition coefficient (Wildman–Crippen LogP) is -0.854. The zero-order chi connectivity index (χ0) is 48.1. The van der Waals surface area contributed by atoms with Crippen molar-refractivity contribution in [3.63, 3.8) is 0 Å². The second kappa shape index (κ2) is 26.5. The van der Waals surface area contributed by atoms with Crippen molar-refractivity contribution in [1.82, 2.24) is 37.2 Å². The summed E-state index contributed by atoms with van der Waals surface area (Å²) in [5.74, 6) is -11.6. The number of amides is 7. The molecule has 350 valence electrons. The lowest BCUT2D eigenvalue weighted by Gasteiger charge is -2.28. The van der Waals surface area contributed by atoms with E-state index in [2.05, 4.69) is 37.2 Å². The molecule has 64 heavy (non-hydrogen) atoms. The van der Waals surface area contributed by atoms with Crippen LogP contribution in [-0.2, 0) is 60.8 Å². The monoisotopic (exact) mass is 897 g/mol. The number of carboxylic acids is 3. The van der Waals surface area contributed by atoms with Crippen LogP contribution < -0.4 is 37.2 Å². The van der Waals surface area contributed by atoms with Gasteiger partial charge >= 0.3 is 17.9 Å². The number of aliphatic carboxylic acids is 3. The summed E-state index contributed by atoms with van der Waals surface area (Å²) in [7, 11) is 0. The number of benzene rings is 2. The fraction of sp³-hybridized carbons (Fsp3) is 0.488. The van der Waals surface area contributed by atoms with Gasteiger partial charge in [0.2, 0.25) is 41.4 Å². The Morgan fingerprint density at radius 2 is 0.922 bits per heavy atom. The minimum Gasteiger partial charge on any atom is -0.481 e. The highest BCUT2D eigenvalue weighted by atomic mass is 16.4. The van der Waals surface area contributed by atoms with E-state index in [4.69, 9.17) is 0 Å². The van der Waals surface area contributed by atoms with E-state index < -0.39 is 120 Å². The smallest absolute Gasteiger partial charge is 0.326 e. The van der Waals surface area contributed by atoms with Crippen molar-refractivity contribution in [2.45, 2.75) is 128 Å². The molecule has 0 spiro atoms. The predicted molar refractivity (Wildman–Crippen MR) is 228 cm³/mol. The highest BCUT2D eigenvalue weighted by molar-refractivity contribution is 5.98. The first kappa shape index (κ1) is 53.2. The van der Waals surface area contributed by atoms with Gasteiger partial charge in [0.25, 0.3) is 0 Å². The van der Waals surface area contributed by atoms with E-state index in [1.807, 2.05) is 0 Å². The third-order valence-corrected chi connectivity index (χ3v) is 9.49. The number of carbonyl (C=O) groups excluding carboxylic acids is 7. The van der Waals surface area contributed by atoms with Gasteiger partial charge in [-0.1, -0.05) is 81.4 Å². The zero-order valence-corrected chi connectivity index (χ0v) is 36.3. The van der Waals surface area contributed by atoms with E-state index in [0.717, 1.165) is 6.92 Å². The maximum absolute atomic E-state index is 13.7. The van der Waals surface area contributed by atoms with Crippen LogP contribution in [0.15, 0.2) is 60.7 Å². The SMILES string of the molecule is CCCC(=O)N[C@@H](Cc1ccccc1)C(=O)N[C@H](C(=O)N[C@@H](CC(C)C)C(=O)N[C@@H](CC(=O)O)C(=O)N[C@@H](C)C(=O)N[C@@H](CC(=O)O)C(=O)N[C@@H](Cc1ccccc1)C(=O)O)[C@@H](C)O. The van der Waals surface area contributed by atoms with Crippen molar-refractivity contribution < 1.29 is 68.4 Å². The van der Waals surface area contributed by atoms with Crippen LogP contribution in [-0.4, -0.2) is 128 Å². The molecule has 0 aliphatic rings. The summed E-state index contributed by atoms with van der Waals surface area (Å²) >= 11 is 0. The van der Waals surface area contributed by atoms with Gasteiger partial charge < -0.3 is 57.6 Å². The second-order valence-electron chi connectivity index (χ2n) is 15.6. The van der Waals surface area contributed by atoms with E-state index in [1.54, 1.807) is 81.4 Å². The molecule has 11 N–H and O–H groups in total. The molecule has 0 unspecified atom stereocenters. The Morgan fingerprint density at radius 1 is 0.500 bits per heavy atom. The van der Waals surface area contributed by atoms with E-state index in [1.165, 1.54) is 6.92 Å². The molecule has 0 aromatic heterocycles. The molecule has 8 atom stereocenters. The van der Waals surface area contributed by atoms with Gasteiger partial charge in [0.05, 0.1) is 18.9 Å². The Kier molecular flexibility index (Phi) is 22.1. The Labute approximate surface area is 369 Å². The van der Waals surface area contributed by atoms with Gasteiger partial charge in [-0.3, -0.25) is 43.2 Å². The molecule has 7 amide bonds. The average Bonchev–Trinajstić information content (AvgIpc) is 3.21. The van der Waals surface area contributed by atoms with Crippen molar-refractivity contribution in [3.05, 3.63) is 71.8 Å². The zero-order valence-electron chi connectivity index (χ0n) is 36.3. The minimum absolute atomic E-state index is 0.0443. The highest BCUT2D eigenvalue weighted by Crippen LogP contribution is 2.10. The maximum atomic E-state index is 13.7. The molecule has 0 bridgehead atoms. The lowest BCUT2D eigenvalue weighted by molar-refractivity contribution is -0.143. The van der Waals surface area contributed by atoms with E-state index in [0.29, 0.717) is 17.5 Å². The molecular formula is C43H59N7O14. The van der Waals surface area contributed by atoms with E-state index in [9.17, 15) is 68.4 Å². The van der Waals surface area contributed by atoms with Crippen LogP contribution in [0.3, 0.4) is 0 Å². The molecule has 2 rings (SSSR count). The van der Waals surface area contributed by atoms with Crippen LogP contribution in [0.5, 0.6) is 0 Å². The fourth-order valence-corrected chi connectivity index (χ4v) is 6.21. The van der Waals surface area contributed by atoms with E-state index in [-0.39, 0.29) is 31.6 Å². The molecule has 0 radical (unpaired) electrons. The molecule has 2 aromatic rings. The van der Waals surface area contributed by atoms with Crippen LogP contribution >= 0.6 is 0 Å². The Bertz CT molecular complexity index is 1950. The number of nitrogens with one attached hydrogen (secondary N) is 7. The first-order valence-corrected chi connectivity index (χ1v) is 20.7. The number of carboxylic acid groups (broad SMARTS) is 3. The lowest BCUT2D eigenvalue weighted by atomic mass is 10.0. The molecule has 0 heterocycles. The average molecular weight is 898 g/mol. The van der Waals surface area contributed by atoms with Crippen molar-refractivity contribution in [1.29, 1.82) is 0 Å². The summed E-state index contributed by atoms with van der Waals surface area (Å²) in [6, 6.07) is 5.89. The lowest BCUT2D eigenvalue weighted by Crippen LogP contribution is -2.61. The first-order valence-electron chi connectivity index (χ1n) is 20.7. The molecule has 0 aliphatic heterocycles. The van der Waals surface area contributed by atoms with Crippen molar-refractivity contribution in [3.8, 4) is 0 Å². The molecular weight excluding hydrogens is 839 g/mol. The van der Waals surface area contributed by atoms with Gasteiger partial charge in [0.15, 0.2) is 0 Å². The topological polar surface area (TPSA) is 336 Å². The quantitative estimate of drug-likeness (QED) is 0.0521. The molecule has 2 aromatic carbocycles. The van der Waals surface area contributed by atoms with Crippen LogP contribution in [0.4, 0.5) is 0 Å². The largest absolute Gasteiger partial charge is 0.481 e. The third-order valence-electron chi connectivity index (χ3n) is 9.49. The molecule has 21 heteroatoms. The summed E-state index contributed by atoms with van der Waals surface area (Å²) in [6.07, 6.45) is -3.12. The van der Waals surface area contributed by atoms with Gasteiger partial charge in [-0.05, 0) is 43.7 Å². The fourth-order valence-electron chi connectivity index (χ4n) is 6.21. The summed E-state index contributed by atoms with van der Waals surface area (Å²) < 4.78 is 0. The van der Waals surface area contributed by atoms with Gasteiger partial charge in [-0.2, -0.15) is 0 Å². The van der Waals surface area contributed by atoms with Gasteiger partial charge in [-0.25, -0.2) is 4.79 Å². The maximum Gasteiger partial charge on any atom is 0.326 e. The standard InChI is InChI=1S/C43H59N7O14/c1-6-13-33(52)45-29(19-26-14-9-7-10-15-26)41(61)50-36(25(5)51)42(62)48-28(18-23(2)3)39(59)47-30(21-34(53)54)38(58)44-24(4)37(57)46-31(22-35(55)56)40(60)49-32(43(63)64)20-27-16-11-8-12-17-27/h7-12,14-17,23-25,28-32,36,51H,6,13,18-22H2,1-5H3,(H,44,58)(H,45,52)(H,46,57)(H,47,59)(H,48,62)(H,49,60)(H,50,61)(H,53,54)(H,55,56)(H,63,64)/t24-,25+,28-,29-,30-,31-,32-,36-/m0/s1. The molecule has 0 saturated carbocycles. The minimum atomic E-state index is -1.86. The van der Waals surface area contributed by atoms with Crippen molar-refractivity contribution in [2.24, 2.45) is 5.92 Å². The Hall–Kier alpha value is -6.90. The summed E-state index contributed by atoms with van der Waals surface area (Å²) in [6.45, 7) is 7.49. The highest BCUT2D eigenvalue weighted by Gasteiger charge is 2.36. The van der Waals surface area contributed by atoms with Crippen molar-refractivity contribution in [2.75, 3.05) is 0 Å². The summed E-state index contributed by atoms with van der Waals surface area (Å²) in [5.41, 5.74) is 1.23. The Balaban J connectivity index is 2.23.